The Morgan fingerprint density at radius 2 is 1.79 bits per heavy atom. The van der Waals surface area contributed by atoms with E-state index >= 15 is 0 Å². The average molecular weight is 259 g/mol. The second kappa shape index (κ2) is 5.60. The number of carbonyl (C=O) groups excluding carboxylic acids is 1. The number of nitrogens with one attached hydrogen (secondary N) is 2. The molecule has 2 N–H and O–H groups in total. The molecule has 0 aliphatic carbocycles. The number of para-hydroxylation sites is 1. The third-order valence-corrected chi connectivity index (χ3v) is 2.53. The number of carbonyl (C=O) groups is 1. The fourth-order valence-corrected chi connectivity index (χ4v) is 1.61. The maximum atomic E-state index is 11.8. The minimum Gasteiger partial charge on any atom is -0.352 e. The molecule has 0 spiro atoms. The quantitative estimate of drug-likeness (QED) is 0.866. The van der Waals surface area contributed by atoms with Gasteiger partial charge in [-0.05, 0) is 32.9 Å². The number of hydrogen-bond donors (Lipinski definition) is 2. The van der Waals surface area contributed by atoms with Gasteiger partial charge in [0.2, 0.25) is 11.9 Å². The molecule has 2 aromatic rings. The zero-order valence-corrected chi connectivity index (χ0v) is 11.2. The van der Waals surface area contributed by atoms with E-state index in [1.807, 2.05) is 38.1 Å². The Kier molecular flexibility index (Phi) is 3.89. The third kappa shape index (κ3) is 3.37. The molecule has 19 heavy (non-hydrogen) atoms. The highest BCUT2D eigenvalue weighted by Crippen LogP contribution is 2.09. The number of anilines is 1. The summed E-state index contributed by atoms with van der Waals surface area (Å²) in [5, 5.41) is 13.8. The normalized spacial score (nSPS) is 12.4. The van der Waals surface area contributed by atoms with Crippen LogP contribution in [0.25, 0.3) is 11.0 Å². The summed E-state index contributed by atoms with van der Waals surface area (Å²) >= 11 is 0. The van der Waals surface area contributed by atoms with Crippen molar-refractivity contribution in [1.29, 1.82) is 0 Å². The van der Waals surface area contributed by atoms with E-state index in [2.05, 4.69) is 25.8 Å². The molecule has 6 nitrogen and oxygen atoms in total. The molecule has 6 heteroatoms. The van der Waals surface area contributed by atoms with Crippen molar-refractivity contribution in [3.8, 4) is 0 Å². The molecule has 1 atom stereocenters. The fraction of sp³-hybridized carbons (Fsp3) is 0.385. The number of fused-ring (bicyclic) bond motifs is 1. The van der Waals surface area contributed by atoms with E-state index in [0.29, 0.717) is 5.95 Å². The summed E-state index contributed by atoms with van der Waals surface area (Å²) in [6.45, 7) is 5.59. The first-order chi connectivity index (χ1) is 9.06. The Morgan fingerprint density at radius 3 is 2.47 bits per heavy atom. The monoisotopic (exact) mass is 259 g/mol. The van der Waals surface area contributed by atoms with Gasteiger partial charge in [-0.3, -0.25) is 4.79 Å². The summed E-state index contributed by atoms with van der Waals surface area (Å²) in [6, 6.07) is 7.15. The predicted octanol–water partition coefficient (Wildman–Crippen LogP) is 1.35. The molecule has 0 aliphatic heterocycles. The molecule has 1 amide bonds. The number of hydrogen-bond acceptors (Lipinski definition) is 5. The van der Waals surface area contributed by atoms with Gasteiger partial charge < -0.3 is 10.6 Å². The van der Waals surface area contributed by atoms with Crippen LogP contribution in [0.2, 0.25) is 0 Å². The van der Waals surface area contributed by atoms with Crippen LogP contribution in [0.5, 0.6) is 0 Å². The van der Waals surface area contributed by atoms with Crippen molar-refractivity contribution in [2.24, 2.45) is 0 Å². The highest BCUT2D eigenvalue weighted by molar-refractivity contribution is 5.84. The molecule has 0 bridgehead atoms. The van der Waals surface area contributed by atoms with Gasteiger partial charge in [-0.1, -0.05) is 12.1 Å². The fourth-order valence-electron chi connectivity index (χ4n) is 1.61. The summed E-state index contributed by atoms with van der Waals surface area (Å²) in [5.74, 6) is 0.261. The smallest absolute Gasteiger partial charge is 0.243 e. The minimum absolute atomic E-state index is 0.0910. The Hall–Kier alpha value is -2.24. The number of rotatable bonds is 4. The van der Waals surface area contributed by atoms with Gasteiger partial charge in [0.1, 0.15) is 11.6 Å². The zero-order valence-electron chi connectivity index (χ0n) is 11.2. The van der Waals surface area contributed by atoms with E-state index in [0.717, 1.165) is 11.0 Å². The molecule has 0 saturated heterocycles. The number of amides is 1. The van der Waals surface area contributed by atoms with Gasteiger partial charge in [0, 0.05) is 6.04 Å². The molecule has 0 aliphatic rings. The van der Waals surface area contributed by atoms with Crippen molar-refractivity contribution in [3.63, 3.8) is 0 Å². The first kappa shape index (κ1) is 13.2. The molecule has 0 saturated carbocycles. The third-order valence-electron chi connectivity index (χ3n) is 2.53. The largest absolute Gasteiger partial charge is 0.352 e. The molecule has 0 radical (unpaired) electrons. The van der Waals surface area contributed by atoms with Gasteiger partial charge in [-0.2, -0.15) is 0 Å². The maximum absolute atomic E-state index is 11.8. The highest BCUT2D eigenvalue weighted by atomic mass is 16.2. The molecule has 1 aromatic carbocycles. The SMILES string of the molecule is CC(C)NC(=O)C(C)Nc1nnc2ccccc2n1. The van der Waals surface area contributed by atoms with E-state index < -0.39 is 6.04 Å². The van der Waals surface area contributed by atoms with Crippen LogP contribution in [0.4, 0.5) is 5.95 Å². The van der Waals surface area contributed by atoms with Crippen LogP contribution in [0, 0.1) is 0 Å². The molecule has 2 rings (SSSR count). The molecule has 0 fully saturated rings. The van der Waals surface area contributed by atoms with E-state index in [9.17, 15) is 4.79 Å². The lowest BCUT2D eigenvalue weighted by molar-refractivity contribution is -0.122. The van der Waals surface area contributed by atoms with Crippen LogP contribution in [-0.2, 0) is 4.79 Å². The molecular weight excluding hydrogens is 242 g/mol. The van der Waals surface area contributed by atoms with Crippen LogP contribution in [0.3, 0.4) is 0 Å². The van der Waals surface area contributed by atoms with Crippen LogP contribution >= 0.6 is 0 Å². The minimum atomic E-state index is -0.412. The van der Waals surface area contributed by atoms with E-state index in [1.54, 1.807) is 6.92 Å². The number of benzene rings is 1. The van der Waals surface area contributed by atoms with Crippen molar-refractivity contribution in [3.05, 3.63) is 24.3 Å². The van der Waals surface area contributed by atoms with Crippen molar-refractivity contribution < 1.29 is 4.79 Å². The lowest BCUT2D eigenvalue weighted by Crippen LogP contribution is -2.41. The van der Waals surface area contributed by atoms with Gasteiger partial charge in [-0.25, -0.2) is 4.98 Å². The van der Waals surface area contributed by atoms with Gasteiger partial charge in [0.05, 0.1) is 5.52 Å². The summed E-state index contributed by atoms with van der Waals surface area (Å²) < 4.78 is 0. The van der Waals surface area contributed by atoms with Crippen molar-refractivity contribution in [2.75, 3.05) is 5.32 Å². The van der Waals surface area contributed by atoms with Crippen molar-refractivity contribution in [1.82, 2.24) is 20.5 Å². The van der Waals surface area contributed by atoms with E-state index in [4.69, 9.17) is 0 Å². The van der Waals surface area contributed by atoms with Crippen molar-refractivity contribution >= 4 is 22.9 Å². The van der Waals surface area contributed by atoms with Gasteiger partial charge >= 0.3 is 0 Å². The summed E-state index contributed by atoms with van der Waals surface area (Å²) in [4.78, 5) is 16.1. The van der Waals surface area contributed by atoms with Gasteiger partial charge in [-0.15, -0.1) is 10.2 Å². The first-order valence-corrected chi connectivity index (χ1v) is 6.22. The summed E-state index contributed by atoms with van der Waals surface area (Å²) in [5.41, 5.74) is 1.48. The Balaban J connectivity index is 2.10. The van der Waals surface area contributed by atoms with Crippen molar-refractivity contribution in [2.45, 2.75) is 32.9 Å². The number of nitrogens with zero attached hydrogens (tertiary/aromatic N) is 3. The van der Waals surface area contributed by atoms with Crippen LogP contribution in [-0.4, -0.2) is 33.2 Å². The Labute approximate surface area is 111 Å². The van der Waals surface area contributed by atoms with Gasteiger partial charge in [0.25, 0.3) is 0 Å². The Morgan fingerprint density at radius 1 is 1.11 bits per heavy atom. The summed E-state index contributed by atoms with van der Waals surface area (Å²) in [6.07, 6.45) is 0. The van der Waals surface area contributed by atoms with Gasteiger partial charge in [0.15, 0.2) is 0 Å². The second-order valence-corrected chi connectivity index (χ2v) is 4.65. The van der Waals surface area contributed by atoms with E-state index in [-0.39, 0.29) is 11.9 Å². The highest BCUT2D eigenvalue weighted by Gasteiger charge is 2.14. The second-order valence-electron chi connectivity index (χ2n) is 4.65. The lowest BCUT2D eigenvalue weighted by Gasteiger charge is -2.15. The molecule has 100 valence electrons. The average Bonchev–Trinajstić information content (AvgIpc) is 2.37. The zero-order chi connectivity index (χ0) is 13.8. The first-order valence-electron chi connectivity index (χ1n) is 6.22. The Bertz CT molecular complexity index is 584. The standard InChI is InChI=1S/C13H17N5O/c1-8(2)14-12(19)9(3)15-13-16-10-6-4-5-7-11(10)17-18-13/h4-9H,1-3H3,(H,14,19)(H,15,16,18). The van der Waals surface area contributed by atoms with Crippen LogP contribution < -0.4 is 10.6 Å². The van der Waals surface area contributed by atoms with Crippen LogP contribution in [0.15, 0.2) is 24.3 Å². The molecular formula is C13H17N5O. The molecule has 1 aromatic heterocycles. The van der Waals surface area contributed by atoms with E-state index in [1.165, 1.54) is 0 Å². The number of aromatic nitrogens is 3. The van der Waals surface area contributed by atoms with Crippen LogP contribution in [0.1, 0.15) is 20.8 Å². The molecule has 1 unspecified atom stereocenters. The maximum Gasteiger partial charge on any atom is 0.243 e. The summed E-state index contributed by atoms with van der Waals surface area (Å²) in [7, 11) is 0. The lowest BCUT2D eigenvalue weighted by atomic mass is 10.3. The predicted molar refractivity (Wildman–Crippen MR) is 73.7 cm³/mol. The molecule has 1 heterocycles. The topological polar surface area (TPSA) is 79.8 Å².